The van der Waals surface area contributed by atoms with E-state index >= 15 is 0 Å². The molecule has 0 radical (unpaired) electrons. The lowest BCUT2D eigenvalue weighted by Gasteiger charge is -2.20. The molecule has 0 bridgehead atoms. The fourth-order valence-electron chi connectivity index (χ4n) is 0.863. The second-order valence-electron chi connectivity index (χ2n) is 2.74. The van der Waals surface area contributed by atoms with Crippen LogP contribution in [0.4, 0.5) is 4.79 Å². The van der Waals surface area contributed by atoms with Crippen LogP contribution >= 0.6 is 0 Å². The molecule has 0 aliphatic carbocycles. The standard InChI is InChI=1S/C9H14N2O4/c1-3-5-11(4-2)9(15)10-7(6-12)8(13)14/h1,7,12H,4-6H2,2H3,(H,10,15)(H,13,14)/t7-/m0/s1. The first-order valence-electron chi connectivity index (χ1n) is 4.39. The highest BCUT2D eigenvalue weighted by Crippen LogP contribution is 1.91. The van der Waals surface area contributed by atoms with E-state index in [1.54, 1.807) is 6.92 Å². The van der Waals surface area contributed by atoms with Gasteiger partial charge in [-0.2, -0.15) is 0 Å². The van der Waals surface area contributed by atoms with Crippen LogP contribution in [-0.4, -0.2) is 52.9 Å². The summed E-state index contributed by atoms with van der Waals surface area (Å²) in [5, 5.41) is 19.4. The number of rotatable bonds is 5. The zero-order chi connectivity index (χ0) is 11.8. The zero-order valence-electron chi connectivity index (χ0n) is 8.43. The number of hydrogen-bond acceptors (Lipinski definition) is 3. The van der Waals surface area contributed by atoms with E-state index in [1.807, 2.05) is 0 Å². The van der Waals surface area contributed by atoms with Gasteiger partial charge in [-0.25, -0.2) is 9.59 Å². The van der Waals surface area contributed by atoms with Gasteiger partial charge in [0.1, 0.15) is 0 Å². The maximum absolute atomic E-state index is 11.4. The van der Waals surface area contributed by atoms with Crippen LogP contribution in [0.15, 0.2) is 0 Å². The van der Waals surface area contributed by atoms with Crippen molar-refractivity contribution in [3.8, 4) is 12.3 Å². The van der Waals surface area contributed by atoms with Gasteiger partial charge in [-0.15, -0.1) is 6.42 Å². The van der Waals surface area contributed by atoms with Gasteiger partial charge in [0.2, 0.25) is 0 Å². The molecule has 0 saturated heterocycles. The molecule has 6 heteroatoms. The average molecular weight is 214 g/mol. The second-order valence-corrected chi connectivity index (χ2v) is 2.74. The van der Waals surface area contributed by atoms with Crippen molar-refractivity contribution >= 4 is 12.0 Å². The van der Waals surface area contributed by atoms with E-state index in [0.717, 1.165) is 0 Å². The zero-order valence-corrected chi connectivity index (χ0v) is 8.43. The minimum absolute atomic E-state index is 0.0973. The van der Waals surface area contributed by atoms with Gasteiger partial charge >= 0.3 is 12.0 Å². The molecule has 15 heavy (non-hydrogen) atoms. The molecule has 0 unspecified atom stereocenters. The minimum Gasteiger partial charge on any atom is -0.480 e. The number of aliphatic hydroxyl groups excluding tert-OH is 1. The molecule has 0 rings (SSSR count). The van der Waals surface area contributed by atoms with E-state index in [9.17, 15) is 9.59 Å². The Labute approximate surface area is 87.9 Å². The van der Waals surface area contributed by atoms with Crippen molar-refractivity contribution in [1.82, 2.24) is 10.2 Å². The number of amides is 2. The van der Waals surface area contributed by atoms with Crippen molar-refractivity contribution < 1.29 is 19.8 Å². The van der Waals surface area contributed by atoms with E-state index < -0.39 is 24.6 Å². The van der Waals surface area contributed by atoms with Crippen molar-refractivity contribution in [2.75, 3.05) is 19.7 Å². The Balaban J connectivity index is 4.32. The van der Waals surface area contributed by atoms with Gasteiger partial charge in [0.15, 0.2) is 6.04 Å². The first kappa shape index (κ1) is 13.3. The summed E-state index contributed by atoms with van der Waals surface area (Å²) in [5.74, 6) is 0.986. The van der Waals surface area contributed by atoms with Crippen LogP contribution in [0.2, 0.25) is 0 Å². The molecule has 0 aromatic carbocycles. The van der Waals surface area contributed by atoms with Crippen LogP contribution in [0.5, 0.6) is 0 Å². The molecule has 0 aliphatic heterocycles. The lowest BCUT2D eigenvalue weighted by molar-refractivity contribution is -0.140. The molecule has 6 nitrogen and oxygen atoms in total. The summed E-state index contributed by atoms with van der Waals surface area (Å²) in [6, 6.07) is -1.90. The van der Waals surface area contributed by atoms with Gasteiger partial charge in [-0.3, -0.25) is 0 Å². The summed E-state index contributed by atoms with van der Waals surface area (Å²) in [5.41, 5.74) is 0. The number of aliphatic carboxylic acids is 1. The van der Waals surface area contributed by atoms with Gasteiger partial charge in [0, 0.05) is 6.54 Å². The van der Waals surface area contributed by atoms with Crippen LogP contribution in [0.1, 0.15) is 6.92 Å². The molecular weight excluding hydrogens is 200 g/mol. The number of carbonyl (C=O) groups is 2. The summed E-state index contributed by atoms with van der Waals surface area (Å²) in [4.78, 5) is 23.1. The molecule has 0 aliphatic rings. The number of nitrogens with zero attached hydrogens (tertiary/aromatic N) is 1. The van der Waals surface area contributed by atoms with Crippen molar-refractivity contribution in [1.29, 1.82) is 0 Å². The smallest absolute Gasteiger partial charge is 0.328 e. The maximum atomic E-state index is 11.4. The second kappa shape index (κ2) is 6.68. The number of aliphatic hydroxyl groups is 1. The highest BCUT2D eigenvalue weighted by Gasteiger charge is 2.21. The van der Waals surface area contributed by atoms with Gasteiger partial charge in [-0.1, -0.05) is 5.92 Å². The summed E-state index contributed by atoms with van der Waals surface area (Å²) in [6.45, 7) is 1.52. The number of hydrogen-bond donors (Lipinski definition) is 3. The Hall–Kier alpha value is -1.74. The van der Waals surface area contributed by atoms with Crippen molar-refractivity contribution in [2.45, 2.75) is 13.0 Å². The van der Waals surface area contributed by atoms with Gasteiger partial charge < -0.3 is 20.4 Å². The summed E-state index contributed by atoms with van der Waals surface area (Å²) in [7, 11) is 0. The van der Waals surface area contributed by atoms with Gasteiger partial charge in [0.25, 0.3) is 0 Å². The van der Waals surface area contributed by atoms with Crippen LogP contribution in [0.3, 0.4) is 0 Å². The topological polar surface area (TPSA) is 89.9 Å². The first-order valence-corrected chi connectivity index (χ1v) is 4.39. The number of carboxylic acid groups (broad SMARTS) is 1. The summed E-state index contributed by atoms with van der Waals surface area (Å²) in [6.07, 6.45) is 5.03. The third kappa shape index (κ3) is 4.33. The Bertz CT molecular complexity index is 272. The van der Waals surface area contributed by atoms with Crippen LogP contribution in [-0.2, 0) is 4.79 Å². The van der Waals surface area contributed by atoms with E-state index in [1.165, 1.54) is 4.90 Å². The predicted molar refractivity (Wildman–Crippen MR) is 53.1 cm³/mol. The Morgan fingerprint density at radius 1 is 1.60 bits per heavy atom. The fourth-order valence-corrected chi connectivity index (χ4v) is 0.863. The highest BCUT2D eigenvalue weighted by atomic mass is 16.4. The predicted octanol–water partition coefficient (Wildman–Crippen LogP) is -0.903. The number of carboxylic acids is 1. The molecule has 0 spiro atoms. The van der Waals surface area contributed by atoms with E-state index in [4.69, 9.17) is 16.6 Å². The molecule has 1 atom stereocenters. The third-order valence-electron chi connectivity index (χ3n) is 1.73. The molecular formula is C9H14N2O4. The van der Waals surface area contributed by atoms with E-state index in [0.29, 0.717) is 6.54 Å². The molecule has 3 N–H and O–H groups in total. The number of carbonyl (C=O) groups excluding carboxylic acids is 1. The largest absolute Gasteiger partial charge is 0.480 e. The molecule has 0 heterocycles. The number of nitrogens with one attached hydrogen (secondary N) is 1. The van der Waals surface area contributed by atoms with E-state index in [-0.39, 0.29) is 6.54 Å². The monoisotopic (exact) mass is 214 g/mol. The highest BCUT2D eigenvalue weighted by molar-refractivity contribution is 5.82. The Kier molecular flexibility index (Phi) is 5.90. The average Bonchev–Trinajstić information content (AvgIpc) is 2.21. The number of terminal acetylenes is 1. The molecule has 0 saturated carbocycles. The molecule has 0 aromatic rings. The van der Waals surface area contributed by atoms with Gasteiger partial charge in [0.05, 0.1) is 13.2 Å². The molecule has 84 valence electrons. The Morgan fingerprint density at radius 3 is 2.53 bits per heavy atom. The molecule has 0 fully saturated rings. The fraction of sp³-hybridized carbons (Fsp3) is 0.556. The normalized spacial score (nSPS) is 11.3. The maximum Gasteiger partial charge on any atom is 0.328 e. The van der Waals surface area contributed by atoms with E-state index in [2.05, 4.69) is 11.2 Å². The van der Waals surface area contributed by atoms with Crippen LogP contribution in [0.25, 0.3) is 0 Å². The number of urea groups is 1. The van der Waals surface area contributed by atoms with Crippen LogP contribution < -0.4 is 5.32 Å². The van der Waals surface area contributed by atoms with Gasteiger partial charge in [-0.05, 0) is 6.92 Å². The lowest BCUT2D eigenvalue weighted by atomic mass is 10.3. The molecule has 0 aromatic heterocycles. The lowest BCUT2D eigenvalue weighted by Crippen LogP contribution is -2.49. The van der Waals surface area contributed by atoms with Crippen molar-refractivity contribution in [3.05, 3.63) is 0 Å². The first-order chi connectivity index (χ1) is 7.06. The Morgan fingerprint density at radius 2 is 2.20 bits per heavy atom. The summed E-state index contributed by atoms with van der Waals surface area (Å²) >= 11 is 0. The SMILES string of the molecule is C#CCN(CC)C(=O)N[C@@H](CO)C(=O)O. The third-order valence-corrected chi connectivity index (χ3v) is 1.73. The quantitative estimate of drug-likeness (QED) is 0.517. The minimum atomic E-state index is -1.30. The van der Waals surface area contributed by atoms with Crippen molar-refractivity contribution in [3.63, 3.8) is 0 Å². The van der Waals surface area contributed by atoms with Crippen LogP contribution in [0, 0.1) is 12.3 Å². The van der Waals surface area contributed by atoms with Crippen molar-refractivity contribution in [2.24, 2.45) is 0 Å². The summed E-state index contributed by atoms with van der Waals surface area (Å²) < 4.78 is 0. The molecule has 2 amide bonds.